The summed E-state index contributed by atoms with van der Waals surface area (Å²) in [5.41, 5.74) is 1.32. The lowest BCUT2D eigenvalue weighted by molar-refractivity contribution is 0.340. The van der Waals surface area contributed by atoms with Crippen LogP contribution in [0.2, 0.25) is 0 Å². The van der Waals surface area contributed by atoms with E-state index in [9.17, 15) is 0 Å². The van der Waals surface area contributed by atoms with Gasteiger partial charge < -0.3 is 15.4 Å². The number of rotatable bonds is 6. The monoisotopic (exact) mass is 248 g/mol. The molecule has 100 valence electrons. The Hall–Kier alpha value is -1.06. The number of piperidine rings is 1. The predicted molar refractivity (Wildman–Crippen MR) is 74.9 cm³/mol. The molecule has 0 amide bonds. The Morgan fingerprint density at radius 1 is 1.33 bits per heavy atom. The van der Waals surface area contributed by atoms with Gasteiger partial charge in [0.25, 0.3) is 0 Å². The summed E-state index contributed by atoms with van der Waals surface area (Å²) in [6.07, 6.45) is 2.67. The van der Waals surface area contributed by atoms with Gasteiger partial charge in [-0.1, -0.05) is 12.1 Å². The van der Waals surface area contributed by atoms with E-state index in [1.807, 2.05) is 19.1 Å². The van der Waals surface area contributed by atoms with Gasteiger partial charge in [-0.3, -0.25) is 0 Å². The van der Waals surface area contributed by atoms with Crippen molar-refractivity contribution in [3.8, 4) is 5.75 Å². The van der Waals surface area contributed by atoms with Crippen LogP contribution < -0.4 is 15.4 Å². The maximum absolute atomic E-state index is 5.43. The number of hydrogen-bond acceptors (Lipinski definition) is 3. The van der Waals surface area contributed by atoms with Gasteiger partial charge in [0.2, 0.25) is 0 Å². The zero-order valence-electron chi connectivity index (χ0n) is 11.2. The van der Waals surface area contributed by atoms with E-state index in [1.165, 1.54) is 24.9 Å². The Bertz CT molecular complexity index is 331. The van der Waals surface area contributed by atoms with Crippen LogP contribution in [0.15, 0.2) is 24.3 Å². The Kier molecular flexibility index (Phi) is 5.49. The Morgan fingerprint density at radius 2 is 2.17 bits per heavy atom. The van der Waals surface area contributed by atoms with Crippen molar-refractivity contribution in [2.45, 2.75) is 26.3 Å². The van der Waals surface area contributed by atoms with Crippen molar-refractivity contribution >= 4 is 0 Å². The first-order valence-electron chi connectivity index (χ1n) is 7.01. The van der Waals surface area contributed by atoms with Crippen LogP contribution in [0.1, 0.15) is 25.3 Å². The van der Waals surface area contributed by atoms with E-state index < -0.39 is 0 Å². The summed E-state index contributed by atoms with van der Waals surface area (Å²) in [7, 11) is 0. The van der Waals surface area contributed by atoms with Crippen LogP contribution in [-0.2, 0) is 6.54 Å². The largest absolute Gasteiger partial charge is 0.494 e. The first-order valence-corrected chi connectivity index (χ1v) is 7.01. The van der Waals surface area contributed by atoms with E-state index in [4.69, 9.17) is 4.74 Å². The van der Waals surface area contributed by atoms with Gasteiger partial charge in [0, 0.05) is 6.54 Å². The van der Waals surface area contributed by atoms with Crippen LogP contribution in [0, 0.1) is 5.92 Å². The van der Waals surface area contributed by atoms with Crippen molar-refractivity contribution in [3.05, 3.63) is 29.8 Å². The summed E-state index contributed by atoms with van der Waals surface area (Å²) in [5.74, 6) is 1.75. The van der Waals surface area contributed by atoms with Crippen LogP contribution in [-0.4, -0.2) is 26.2 Å². The Labute approximate surface area is 110 Å². The summed E-state index contributed by atoms with van der Waals surface area (Å²) < 4.78 is 5.43. The molecule has 1 saturated heterocycles. The molecule has 0 aromatic heterocycles. The fourth-order valence-electron chi connectivity index (χ4n) is 2.39. The average molecular weight is 248 g/mol. The third-order valence-corrected chi connectivity index (χ3v) is 3.40. The van der Waals surface area contributed by atoms with E-state index in [0.717, 1.165) is 37.9 Å². The molecule has 0 bridgehead atoms. The summed E-state index contributed by atoms with van der Waals surface area (Å²) in [6, 6.07) is 8.36. The molecule has 2 N–H and O–H groups in total. The van der Waals surface area contributed by atoms with Crippen molar-refractivity contribution in [1.82, 2.24) is 10.6 Å². The van der Waals surface area contributed by atoms with E-state index in [0.29, 0.717) is 0 Å². The van der Waals surface area contributed by atoms with E-state index in [1.54, 1.807) is 0 Å². The Morgan fingerprint density at radius 3 is 2.83 bits per heavy atom. The average Bonchev–Trinajstić information content (AvgIpc) is 2.42. The first-order chi connectivity index (χ1) is 8.88. The fraction of sp³-hybridized carbons (Fsp3) is 0.600. The van der Waals surface area contributed by atoms with Crippen molar-refractivity contribution < 1.29 is 4.74 Å². The molecule has 0 spiro atoms. The van der Waals surface area contributed by atoms with Crippen molar-refractivity contribution in [2.75, 3.05) is 26.2 Å². The second-order valence-electron chi connectivity index (χ2n) is 4.92. The lowest BCUT2D eigenvalue weighted by Crippen LogP contribution is -2.35. The van der Waals surface area contributed by atoms with Crippen LogP contribution in [0.3, 0.4) is 0 Å². The smallest absolute Gasteiger partial charge is 0.119 e. The normalized spacial score (nSPS) is 19.7. The highest BCUT2D eigenvalue weighted by Gasteiger charge is 2.11. The number of nitrogens with one attached hydrogen (secondary N) is 2. The second kappa shape index (κ2) is 7.39. The Balaban J connectivity index is 1.69. The highest BCUT2D eigenvalue weighted by atomic mass is 16.5. The number of ether oxygens (including phenoxy) is 1. The first kappa shape index (κ1) is 13.4. The molecule has 1 atom stereocenters. The zero-order valence-corrected chi connectivity index (χ0v) is 11.2. The minimum atomic E-state index is 0.728. The fourth-order valence-corrected chi connectivity index (χ4v) is 2.39. The number of hydrogen-bond donors (Lipinski definition) is 2. The minimum Gasteiger partial charge on any atom is -0.494 e. The van der Waals surface area contributed by atoms with Gasteiger partial charge in [-0.05, 0) is 63.0 Å². The molecule has 1 fully saturated rings. The van der Waals surface area contributed by atoms with Gasteiger partial charge >= 0.3 is 0 Å². The molecule has 0 aliphatic carbocycles. The highest BCUT2D eigenvalue weighted by molar-refractivity contribution is 5.27. The third kappa shape index (κ3) is 4.31. The van der Waals surface area contributed by atoms with Gasteiger partial charge in [-0.15, -0.1) is 0 Å². The van der Waals surface area contributed by atoms with Crippen molar-refractivity contribution in [2.24, 2.45) is 5.92 Å². The molecule has 18 heavy (non-hydrogen) atoms. The molecular formula is C15H24N2O. The van der Waals surface area contributed by atoms with Gasteiger partial charge in [0.15, 0.2) is 0 Å². The molecule has 1 heterocycles. The van der Waals surface area contributed by atoms with E-state index in [2.05, 4.69) is 22.8 Å². The molecule has 0 saturated carbocycles. The minimum absolute atomic E-state index is 0.728. The molecule has 1 aliphatic heterocycles. The van der Waals surface area contributed by atoms with Gasteiger partial charge in [-0.25, -0.2) is 0 Å². The summed E-state index contributed by atoms with van der Waals surface area (Å²) in [5, 5.41) is 6.99. The predicted octanol–water partition coefficient (Wildman–Crippen LogP) is 2.17. The van der Waals surface area contributed by atoms with E-state index in [-0.39, 0.29) is 0 Å². The third-order valence-electron chi connectivity index (χ3n) is 3.40. The molecule has 1 aromatic carbocycles. The standard InChI is InChI=1S/C15H24N2O/c1-2-18-15-7-5-13(6-8-15)10-17-12-14-4-3-9-16-11-14/h5-8,14,16-17H,2-4,9-12H2,1H3. The van der Waals surface area contributed by atoms with Gasteiger partial charge in [-0.2, -0.15) is 0 Å². The zero-order chi connectivity index (χ0) is 12.6. The van der Waals surface area contributed by atoms with Gasteiger partial charge in [0.05, 0.1) is 6.61 Å². The molecular weight excluding hydrogens is 224 g/mol. The van der Waals surface area contributed by atoms with Gasteiger partial charge in [0.1, 0.15) is 5.75 Å². The maximum Gasteiger partial charge on any atom is 0.119 e. The van der Waals surface area contributed by atoms with Crippen molar-refractivity contribution in [3.63, 3.8) is 0 Å². The summed E-state index contributed by atoms with van der Waals surface area (Å²) >= 11 is 0. The topological polar surface area (TPSA) is 33.3 Å². The molecule has 1 aromatic rings. The molecule has 1 aliphatic rings. The molecule has 1 unspecified atom stereocenters. The summed E-state index contributed by atoms with van der Waals surface area (Å²) in [4.78, 5) is 0. The SMILES string of the molecule is CCOc1ccc(CNCC2CCCNC2)cc1. The quantitative estimate of drug-likeness (QED) is 0.809. The molecule has 2 rings (SSSR count). The molecule has 0 radical (unpaired) electrons. The van der Waals surface area contributed by atoms with Crippen LogP contribution in [0.4, 0.5) is 0 Å². The summed E-state index contributed by atoms with van der Waals surface area (Å²) in [6.45, 7) is 7.15. The lowest BCUT2D eigenvalue weighted by atomic mass is 10.00. The number of benzene rings is 1. The van der Waals surface area contributed by atoms with Crippen LogP contribution >= 0.6 is 0 Å². The van der Waals surface area contributed by atoms with Crippen molar-refractivity contribution in [1.29, 1.82) is 0 Å². The maximum atomic E-state index is 5.43. The molecule has 3 heteroatoms. The van der Waals surface area contributed by atoms with Crippen LogP contribution in [0.5, 0.6) is 5.75 Å². The van der Waals surface area contributed by atoms with Crippen LogP contribution in [0.25, 0.3) is 0 Å². The van der Waals surface area contributed by atoms with E-state index >= 15 is 0 Å². The lowest BCUT2D eigenvalue weighted by Gasteiger charge is -2.23. The second-order valence-corrected chi connectivity index (χ2v) is 4.92. The highest BCUT2D eigenvalue weighted by Crippen LogP contribution is 2.12. The molecule has 3 nitrogen and oxygen atoms in total.